The van der Waals surface area contributed by atoms with Crippen molar-refractivity contribution in [2.45, 2.75) is 12.6 Å². The topological polar surface area (TPSA) is 45.1 Å². The van der Waals surface area contributed by atoms with Crippen molar-refractivity contribution in [3.05, 3.63) is 63.5 Å². The number of rotatable bonds is 6. The van der Waals surface area contributed by atoms with Crippen molar-refractivity contribution in [2.75, 3.05) is 6.54 Å². The predicted molar refractivity (Wildman–Crippen MR) is 88.5 cm³/mol. The van der Waals surface area contributed by atoms with Crippen molar-refractivity contribution in [3.8, 4) is 10.6 Å². The second kappa shape index (κ2) is 7.11. The van der Waals surface area contributed by atoms with Crippen molar-refractivity contribution >= 4 is 22.7 Å². The lowest BCUT2D eigenvalue weighted by Gasteiger charge is -2.09. The Morgan fingerprint density at radius 1 is 1.18 bits per heavy atom. The molecule has 6 heteroatoms. The molecule has 3 rings (SSSR count). The van der Waals surface area contributed by atoms with E-state index in [1.807, 2.05) is 22.2 Å². The van der Waals surface area contributed by atoms with Crippen LogP contribution >= 0.6 is 22.7 Å². The quantitative estimate of drug-likeness (QED) is 0.720. The molecule has 2 aromatic heterocycles. The van der Waals surface area contributed by atoms with E-state index in [2.05, 4.69) is 10.3 Å². The molecule has 1 atom stereocenters. The number of aromatic nitrogens is 1. The molecule has 0 aliphatic heterocycles. The molecule has 0 radical (unpaired) electrons. The van der Waals surface area contributed by atoms with E-state index in [9.17, 15) is 9.50 Å². The van der Waals surface area contributed by atoms with Crippen LogP contribution in [0, 0.1) is 5.82 Å². The summed E-state index contributed by atoms with van der Waals surface area (Å²) in [5, 5.41) is 19.9. The van der Waals surface area contributed by atoms with Gasteiger partial charge in [0.2, 0.25) is 0 Å². The van der Waals surface area contributed by atoms with Crippen LogP contribution < -0.4 is 5.32 Å². The van der Waals surface area contributed by atoms with E-state index in [4.69, 9.17) is 0 Å². The first kappa shape index (κ1) is 15.3. The van der Waals surface area contributed by atoms with Crippen molar-refractivity contribution in [1.29, 1.82) is 0 Å². The van der Waals surface area contributed by atoms with E-state index in [0.717, 1.165) is 21.8 Å². The van der Waals surface area contributed by atoms with Gasteiger partial charge in [0.25, 0.3) is 0 Å². The average molecular weight is 334 g/mol. The minimum Gasteiger partial charge on any atom is -0.387 e. The van der Waals surface area contributed by atoms with Gasteiger partial charge in [0, 0.05) is 24.0 Å². The highest BCUT2D eigenvalue weighted by Gasteiger charge is 2.08. The summed E-state index contributed by atoms with van der Waals surface area (Å²) >= 11 is 3.11. The number of thiazole rings is 1. The lowest BCUT2D eigenvalue weighted by Crippen LogP contribution is -2.20. The highest BCUT2D eigenvalue weighted by atomic mass is 32.1. The summed E-state index contributed by atoms with van der Waals surface area (Å²) in [4.78, 5) is 4.52. The lowest BCUT2D eigenvalue weighted by molar-refractivity contribution is 0.174. The zero-order chi connectivity index (χ0) is 15.4. The summed E-state index contributed by atoms with van der Waals surface area (Å²) < 4.78 is 12.9. The number of thiophene rings is 1. The first-order valence-electron chi connectivity index (χ1n) is 6.83. The molecule has 0 spiro atoms. The standard InChI is InChI=1S/C16H15FN2OS2/c17-13-3-1-11(2-4-13)16-19-14(10-22-16)7-18-8-15(20)12-5-6-21-9-12/h1-6,9-10,15,18,20H,7-8H2. The first-order valence-corrected chi connectivity index (χ1v) is 8.66. The molecular formula is C16H15FN2OS2. The first-order chi connectivity index (χ1) is 10.7. The van der Waals surface area contributed by atoms with Gasteiger partial charge in [-0.15, -0.1) is 11.3 Å². The number of hydrogen-bond acceptors (Lipinski definition) is 5. The van der Waals surface area contributed by atoms with Gasteiger partial charge in [-0.25, -0.2) is 9.37 Å². The highest BCUT2D eigenvalue weighted by Crippen LogP contribution is 2.24. The van der Waals surface area contributed by atoms with Crippen LogP contribution in [0.4, 0.5) is 4.39 Å². The summed E-state index contributed by atoms with van der Waals surface area (Å²) in [6, 6.07) is 8.25. The Labute approximate surface area is 136 Å². The normalized spacial score (nSPS) is 12.5. The summed E-state index contributed by atoms with van der Waals surface area (Å²) in [5.41, 5.74) is 2.76. The van der Waals surface area contributed by atoms with Gasteiger partial charge >= 0.3 is 0 Å². The van der Waals surface area contributed by atoms with Gasteiger partial charge in [0.05, 0.1) is 11.8 Å². The van der Waals surface area contributed by atoms with Crippen molar-refractivity contribution < 1.29 is 9.50 Å². The molecule has 3 nitrogen and oxygen atoms in total. The fourth-order valence-corrected chi connectivity index (χ4v) is 3.57. The lowest BCUT2D eigenvalue weighted by atomic mass is 10.2. The number of nitrogens with one attached hydrogen (secondary N) is 1. The molecule has 1 unspecified atom stereocenters. The molecule has 0 saturated carbocycles. The summed E-state index contributed by atoms with van der Waals surface area (Å²) in [6.07, 6.45) is -0.499. The Kier molecular flexibility index (Phi) is 4.94. The van der Waals surface area contributed by atoms with E-state index in [1.54, 1.807) is 23.5 Å². The Morgan fingerprint density at radius 3 is 2.73 bits per heavy atom. The van der Waals surface area contributed by atoms with Gasteiger partial charge in [-0.2, -0.15) is 11.3 Å². The van der Waals surface area contributed by atoms with Crippen LogP contribution in [0.3, 0.4) is 0 Å². The zero-order valence-corrected chi connectivity index (χ0v) is 13.3. The average Bonchev–Trinajstić information content (AvgIpc) is 3.19. The zero-order valence-electron chi connectivity index (χ0n) is 11.7. The Morgan fingerprint density at radius 2 is 2.00 bits per heavy atom. The number of hydrogen-bond donors (Lipinski definition) is 2. The van der Waals surface area contributed by atoms with Crippen LogP contribution in [0.25, 0.3) is 10.6 Å². The molecule has 114 valence electrons. The monoisotopic (exact) mass is 334 g/mol. The number of aliphatic hydroxyl groups excluding tert-OH is 1. The van der Waals surface area contributed by atoms with Crippen LogP contribution in [0.2, 0.25) is 0 Å². The number of halogens is 1. The van der Waals surface area contributed by atoms with Crippen molar-refractivity contribution in [3.63, 3.8) is 0 Å². The number of aliphatic hydroxyl groups is 1. The third-order valence-electron chi connectivity index (χ3n) is 3.21. The summed E-state index contributed by atoms with van der Waals surface area (Å²) in [5.74, 6) is -0.246. The molecule has 22 heavy (non-hydrogen) atoms. The molecule has 0 saturated heterocycles. The minimum atomic E-state index is -0.499. The van der Waals surface area contributed by atoms with Crippen molar-refractivity contribution in [2.24, 2.45) is 0 Å². The second-order valence-corrected chi connectivity index (χ2v) is 6.49. The maximum absolute atomic E-state index is 12.9. The SMILES string of the molecule is OC(CNCc1csc(-c2ccc(F)cc2)n1)c1ccsc1. The van der Waals surface area contributed by atoms with Gasteiger partial charge in [0.1, 0.15) is 10.8 Å². The largest absolute Gasteiger partial charge is 0.387 e. The van der Waals surface area contributed by atoms with Crippen LogP contribution in [0.5, 0.6) is 0 Å². The maximum atomic E-state index is 12.9. The van der Waals surface area contributed by atoms with E-state index in [-0.39, 0.29) is 5.82 Å². The Hall–Kier alpha value is -1.60. The molecular weight excluding hydrogens is 319 g/mol. The smallest absolute Gasteiger partial charge is 0.123 e. The van der Waals surface area contributed by atoms with Crippen LogP contribution in [-0.2, 0) is 6.54 Å². The molecule has 0 aliphatic rings. The maximum Gasteiger partial charge on any atom is 0.123 e. The number of nitrogens with zero attached hydrogens (tertiary/aromatic N) is 1. The molecule has 0 aliphatic carbocycles. The van der Waals surface area contributed by atoms with Gasteiger partial charge in [0.15, 0.2) is 0 Å². The predicted octanol–water partition coefficient (Wildman–Crippen LogP) is 3.83. The third-order valence-corrected chi connectivity index (χ3v) is 4.86. The second-order valence-electron chi connectivity index (χ2n) is 4.85. The third kappa shape index (κ3) is 3.78. The van der Waals surface area contributed by atoms with Gasteiger partial charge in [-0.05, 0) is 46.7 Å². The summed E-state index contributed by atoms with van der Waals surface area (Å²) in [6.45, 7) is 1.08. The van der Waals surface area contributed by atoms with E-state index in [1.165, 1.54) is 23.5 Å². The van der Waals surface area contributed by atoms with Crippen LogP contribution in [0.15, 0.2) is 46.5 Å². The van der Waals surface area contributed by atoms with E-state index >= 15 is 0 Å². The van der Waals surface area contributed by atoms with Gasteiger partial charge < -0.3 is 10.4 Å². The fourth-order valence-electron chi connectivity index (χ4n) is 2.03. The minimum absolute atomic E-state index is 0.246. The number of benzene rings is 1. The molecule has 3 aromatic rings. The highest BCUT2D eigenvalue weighted by molar-refractivity contribution is 7.13. The van der Waals surface area contributed by atoms with Gasteiger partial charge in [-0.3, -0.25) is 0 Å². The molecule has 2 heterocycles. The van der Waals surface area contributed by atoms with E-state index in [0.29, 0.717) is 13.1 Å². The Bertz CT molecular complexity index is 710. The van der Waals surface area contributed by atoms with Crippen molar-refractivity contribution in [1.82, 2.24) is 10.3 Å². The molecule has 1 aromatic carbocycles. The molecule has 0 fully saturated rings. The Balaban J connectivity index is 1.55. The molecule has 0 amide bonds. The van der Waals surface area contributed by atoms with Crippen LogP contribution in [-0.4, -0.2) is 16.6 Å². The molecule has 0 bridgehead atoms. The van der Waals surface area contributed by atoms with Crippen LogP contribution in [0.1, 0.15) is 17.4 Å². The van der Waals surface area contributed by atoms with E-state index < -0.39 is 6.10 Å². The summed E-state index contributed by atoms with van der Waals surface area (Å²) in [7, 11) is 0. The van der Waals surface area contributed by atoms with Gasteiger partial charge in [-0.1, -0.05) is 0 Å². The fraction of sp³-hybridized carbons (Fsp3) is 0.188. The molecule has 2 N–H and O–H groups in total.